The summed E-state index contributed by atoms with van der Waals surface area (Å²) in [6.45, 7) is 8.39. The molecule has 0 aliphatic carbocycles. The number of carboxylic acid groups (broad SMARTS) is 1. The molecule has 0 saturated carbocycles. The first-order chi connectivity index (χ1) is 14.6. The molecule has 1 aliphatic rings. The lowest BCUT2D eigenvalue weighted by molar-refractivity contribution is 0.0684. The van der Waals surface area contributed by atoms with Crippen molar-refractivity contribution in [2.45, 2.75) is 39.0 Å². The van der Waals surface area contributed by atoms with Gasteiger partial charge in [-0.15, -0.1) is 0 Å². The van der Waals surface area contributed by atoms with Crippen molar-refractivity contribution in [1.29, 1.82) is 0 Å². The van der Waals surface area contributed by atoms with Crippen molar-refractivity contribution in [3.63, 3.8) is 0 Å². The SMILES string of the molecule is C=Cc1ccc(Cn2c(C(=O)O)c(CNCC3CCCO3)c3ccc(C)cc32)cc1. The summed E-state index contributed by atoms with van der Waals surface area (Å²) in [4.78, 5) is 12.3. The molecule has 2 aromatic carbocycles. The van der Waals surface area contributed by atoms with Gasteiger partial charge >= 0.3 is 5.97 Å². The van der Waals surface area contributed by atoms with E-state index in [2.05, 4.69) is 18.0 Å². The van der Waals surface area contributed by atoms with Gasteiger partial charge in [-0.1, -0.05) is 49.1 Å². The minimum absolute atomic E-state index is 0.220. The van der Waals surface area contributed by atoms with Gasteiger partial charge in [0.1, 0.15) is 5.69 Å². The van der Waals surface area contributed by atoms with Gasteiger partial charge in [-0.05, 0) is 42.5 Å². The topological polar surface area (TPSA) is 63.5 Å². The number of ether oxygens (including phenoxy) is 1. The van der Waals surface area contributed by atoms with Crippen molar-refractivity contribution in [3.05, 3.63) is 77.0 Å². The molecule has 0 spiro atoms. The summed E-state index contributed by atoms with van der Waals surface area (Å²) in [5.41, 5.74) is 5.35. The predicted octanol–water partition coefficient (Wildman–Crippen LogP) is 4.61. The molecule has 1 aliphatic heterocycles. The Balaban J connectivity index is 1.71. The quantitative estimate of drug-likeness (QED) is 0.576. The Bertz CT molecular complexity index is 1060. The summed E-state index contributed by atoms with van der Waals surface area (Å²) in [6.07, 6.45) is 4.17. The van der Waals surface area contributed by atoms with Crippen molar-refractivity contribution >= 4 is 22.9 Å². The Morgan fingerprint density at radius 2 is 2.10 bits per heavy atom. The number of hydrogen-bond acceptors (Lipinski definition) is 3. The number of benzene rings is 2. The average molecular weight is 405 g/mol. The maximum atomic E-state index is 12.3. The van der Waals surface area contributed by atoms with Gasteiger partial charge in [0, 0.05) is 42.7 Å². The van der Waals surface area contributed by atoms with Crippen LogP contribution in [-0.2, 0) is 17.8 Å². The Kier molecular flexibility index (Phi) is 6.02. The van der Waals surface area contributed by atoms with Gasteiger partial charge in [0.15, 0.2) is 0 Å². The molecule has 1 saturated heterocycles. The van der Waals surface area contributed by atoms with Crippen molar-refractivity contribution in [2.75, 3.05) is 13.2 Å². The van der Waals surface area contributed by atoms with Crippen molar-refractivity contribution < 1.29 is 14.6 Å². The summed E-state index contributed by atoms with van der Waals surface area (Å²) in [6, 6.07) is 14.2. The molecule has 5 nitrogen and oxygen atoms in total. The second-order valence-corrected chi connectivity index (χ2v) is 7.95. The average Bonchev–Trinajstić information content (AvgIpc) is 3.35. The molecule has 156 valence electrons. The molecule has 2 N–H and O–H groups in total. The fraction of sp³-hybridized carbons (Fsp3) is 0.320. The van der Waals surface area contributed by atoms with E-state index in [1.165, 1.54) is 0 Å². The van der Waals surface area contributed by atoms with Crippen LogP contribution in [-0.4, -0.2) is 34.9 Å². The predicted molar refractivity (Wildman–Crippen MR) is 120 cm³/mol. The fourth-order valence-corrected chi connectivity index (χ4v) is 4.22. The first-order valence-electron chi connectivity index (χ1n) is 10.5. The van der Waals surface area contributed by atoms with Crippen LogP contribution in [0, 0.1) is 6.92 Å². The van der Waals surface area contributed by atoms with E-state index in [9.17, 15) is 9.90 Å². The third-order valence-corrected chi connectivity index (χ3v) is 5.78. The fourth-order valence-electron chi connectivity index (χ4n) is 4.22. The van der Waals surface area contributed by atoms with E-state index in [-0.39, 0.29) is 6.10 Å². The molecule has 3 aromatic rings. The van der Waals surface area contributed by atoms with Gasteiger partial charge in [-0.25, -0.2) is 4.79 Å². The molecule has 1 unspecified atom stereocenters. The zero-order valence-electron chi connectivity index (χ0n) is 17.4. The Morgan fingerprint density at radius 1 is 1.30 bits per heavy atom. The van der Waals surface area contributed by atoms with Gasteiger partial charge in [-0.2, -0.15) is 0 Å². The van der Waals surface area contributed by atoms with E-state index in [4.69, 9.17) is 4.74 Å². The van der Waals surface area contributed by atoms with E-state index in [0.29, 0.717) is 18.8 Å². The molecule has 1 atom stereocenters. The molecule has 1 aromatic heterocycles. The second kappa shape index (κ2) is 8.86. The van der Waals surface area contributed by atoms with Crippen LogP contribution in [0.2, 0.25) is 0 Å². The normalized spacial score (nSPS) is 16.2. The smallest absolute Gasteiger partial charge is 0.352 e. The third-order valence-electron chi connectivity index (χ3n) is 5.78. The number of carbonyl (C=O) groups is 1. The van der Waals surface area contributed by atoms with Gasteiger partial charge in [-0.3, -0.25) is 0 Å². The van der Waals surface area contributed by atoms with Gasteiger partial charge in [0.05, 0.1) is 6.10 Å². The molecular weight excluding hydrogens is 376 g/mol. The van der Waals surface area contributed by atoms with E-state index >= 15 is 0 Å². The zero-order valence-corrected chi connectivity index (χ0v) is 17.4. The van der Waals surface area contributed by atoms with Crippen LogP contribution in [0.1, 0.15) is 45.6 Å². The monoisotopic (exact) mass is 404 g/mol. The first-order valence-corrected chi connectivity index (χ1v) is 10.5. The minimum atomic E-state index is -0.902. The number of rotatable bonds is 8. The summed E-state index contributed by atoms with van der Waals surface area (Å²) < 4.78 is 7.61. The van der Waals surface area contributed by atoms with Crippen LogP contribution in [0.5, 0.6) is 0 Å². The number of aryl methyl sites for hydroxylation is 1. The largest absolute Gasteiger partial charge is 0.477 e. The number of carboxylic acids is 1. The highest BCUT2D eigenvalue weighted by Crippen LogP contribution is 2.29. The van der Waals surface area contributed by atoms with Gasteiger partial charge in [0.25, 0.3) is 0 Å². The second-order valence-electron chi connectivity index (χ2n) is 7.95. The van der Waals surface area contributed by atoms with Crippen molar-refractivity contribution in [3.8, 4) is 0 Å². The number of aromatic carboxylic acids is 1. The van der Waals surface area contributed by atoms with Crippen LogP contribution in [0.3, 0.4) is 0 Å². The van der Waals surface area contributed by atoms with Crippen molar-refractivity contribution in [2.24, 2.45) is 0 Å². The molecule has 2 heterocycles. The van der Waals surface area contributed by atoms with E-state index in [0.717, 1.165) is 59.2 Å². The summed E-state index contributed by atoms with van der Waals surface area (Å²) >= 11 is 0. The number of aromatic nitrogens is 1. The lowest BCUT2D eigenvalue weighted by atomic mass is 10.1. The van der Waals surface area contributed by atoms with E-state index in [1.807, 2.05) is 47.9 Å². The molecule has 1 fully saturated rings. The maximum absolute atomic E-state index is 12.3. The summed E-state index contributed by atoms with van der Waals surface area (Å²) in [5.74, 6) is -0.902. The standard InChI is InChI=1S/C25H28N2O3/c1-3-18-7-9-19(10-8-18)16-27-23-13-17(2)6-11-21(23)22(24(27)25(28)29)15-26-14-20-5-4-12-30-20/h3,6-11,13,20,26H,1,4-5,12,14-16H2,2H3,(H,28,29). The van der Waals surface area contributed by atoms with Crippen molar-refractivity contribution in [1.82, 2.24) is 9.88 Å². The van der Waals surface area contributed by atoms with E-state index < -0.39 is 5.97 Å². The lowest BCUT2D eigenvalue weighted by Gasteiger charge is -2.12. The van der Waals surface area contributed by atoms with Crippen LogP contribution in [0.15, 0.2) is 49.0 Å². The first kappa shape index (κ1) is 20.4. The summed E-state index contributed by atoms with van der Waals surface area (Å²) in [7, 11) is 0. The van der Waals surface area contributed by atoms with Crippen LogP contribution >= 0.6 is 0 Å². The Morgan fingerprint density at radius 3 is 2.77 bits per heavy atom. The number of nitrogens with zero attached hydrogens (tertiary/aromatic N) is 1. The third kappa shape index (κ3) is 4.18. The van der Waals surface area contributed by atoms with Crippen LogP contribution < -0.4 is 5.32 Å². The molecule has 4 rings (SSSR count). The molecule has 0 amide bonds. The van der Waals surface area contributed by atoms with Gasteiger partial charge in [0.2, 0.25) is 0 Å². The van der Waals surface area contributed by atoms with E-state index in [1.54, 1.807) is 6.08 Å². The highest BCUT2D eigenvalue weighted by molar-refractivity contribution is 5.98. The Labute approximate surface area is 177 Å². The highest BCUT2D eigenvalue weighted by atomic mass is 16.5. The summed E-state index contributed by atoms with van der Waals surface area (Å²) in [5, 5.41) is 14.5. The van der Waals surface area contributed by atoms with Gasteiger partial charge < -0.3 is 19.7 Å². The molecule has 30 heavy (non-hydrogen) atoms. The molecule has 0 radical (unpaired) electrons. The number of fused-ring (bicyclic) bond motifs is 1. The molecular formula is C25H28N2O3. The minimum Gasteiger partial charge on any atom is -0.477 e. The maximum Gasteiger partial charge on any atom is 0.352 e. The lowest BCUT2D eigenvalue weighted by Crippen LogP contribution is -2.26. The number of hydrogen-bond donors (Lipinski definition) is 2. The van der Waals surface area contributed by atoms with Crippen LogP contribution in [0.4, 0.5) is 0 Å². The zero-order chi connectivity index (χ0) is 21.1. The van der Waals surface area contributed by atoms with Crippen LogP contribution in [0.25, 0.3) is 17.0 Å². The Hall–Kier alpha value is -2.89. The number of nitrogens with one attached hydrogen (secondary N) is 1. The molecule has 5 heteroatoms. The molecule has 0 bridgehead atoms. The highest BCUT2D eigenvalue weighted by Gasteiger charge is 2.23.